The first-order chi connectivity index (χ1) is 15.1. The summed E-state index contributed by atoms with van der Waals surface area (Å²) in [6.07, 6.45) is 10.8. The molecule has 1 fully saturated rings. The van der Waals surface area contributed by atoms with Crippen molar-refractivity contribution in [1.82, 2.24) is 19.4 Å². The first-order valence-corrected chi connectivity index (χ1v) is 11.9. The second kappa shape index (κ2) is 10.3. The topological polar surface area (TPSA) is 53.4 Å². The second-order valence-corrected chi connectivity index (χ2v) is 9.50. The summed E-state index contributed by atoms with van der Waals surface area (Å²) >= 11 is 0. The van der Waals surface area contributed by atoms with E-state index in [4.69, 9.17) is 0 Å². The third kappa shape index (κ3) is 5.67. The van der Waals surface area contributed by atoms with Gasteiger partial charge in [-0.2, -0.15) is 0 Å². The molecule has 3 heterocycles. The third-order valence-corrected chi connectivity index (χ3v) is 6.83. The highest BCUT2D eigenvalue weighted by Gasteiger charge is 2.35. The van der Waals surface area contributed by atoms with E-state index in [9.17, 15) is 4.79 Å². The van der Waals surface area contributed by atoms with Crippen LogP contribution in [0.15, 0.2) is 43.0 Å². The molecule has 168 valence electrons. The average Bonchev–Trinajstić information content (AvgIpc) is 3.40. The van der Waals surface area contributed by atoms with Gasteiger partial charge >= 0.3 is 0 Å². The van der Waals surface area contributed by atoms with Crippen molar-refractivity contribution in [2.45, 2.75) is 71.1 Å². The number of amides is 1. The number of imidazole rings is 1. The van der Waals surface area contributed by atoms with Gasteiger partial charge in [-0.05, 0) is 49.8 Å². The molecule has 2 aromatic rings. The molecule has 2 aliphatic heterocycles. The summed E-state index contributed by atoms with van der Waals surface area (Å²) in [6.45, 7) is 8.91. The number of benzene rings is 1. The van der Waals surface area contributed by atoms with E-state index in [-0.39, 0.29) is 5.91 Å². The highest BCUT2D eigenvalue weighted by Crippen LogP contribution is 2.30. The summed E-state index contributed by atoms with van der Waals surface area (Å²) in [6, 6.07) is 9.55. The number of para-hydroxylation sites is 1. The monoisotopic (exact) mass is 423 g/mol. The van der Waals surface area contributed by atoms with Crippen molar-refractivity contribution in [3.63, 3.8) is 0 Å². The van der Waals surface area contributed by atoms with Gasteiger partial charge in [-0.1, -0.05) is 32.0 Å². The van der Waals surface area contributed by atoms with E-state index < -0.39 is 0 Å². The molecule has 1 N–H and O–H groups in total. The SMILES string of the molecule is CC(C)CCN1[C@H]2CCNc3ccccc3CN(C(=O)CCn3ccnc3)C[C@@H]1CC2. The maximum Gasteiger partial charge on any atom is 0.224 e. The molecule has 0 spiro atoms. The number of anilines is 1. The molecule has 1 aromatic carbocycles. The predicted octanol–water partition coefficient (Wildman–Crippen LogP) is 4.00. The van der Waals surface area contributed by atoms with Gasteiger partial charge in [0.25, 0.3) is 0 Å². The summed E-state index contributed by atoms with van der Waals surface area (Å²) in [5.74, 6) is 0.933. The second-order valence-electron chi connectivity index (χ2n) is 9.50. The lowest BCUT2D eigenvalue weighted by atomic mass is 10.1. The van der Waals surface area contributed by atoms with Crippen molar-refractivity contribution in [3.05, 3.63) is 48.5 Å². The predicted molar refractivity (Wildman–Crippen MR) is 125 cm³/mol. The quantitative estimate of drug-likeness (QED) is 0.763. The zero-order valence-corrected chi connectivity index (χ0v) is 19.0. The van der Waals surface area contributed by atoms with Gasteiger partial charge in [0.15, 0.2) is 0 Å². The van der Waals surface area contributed by atoms with Gasteiger partial charge < -0.3 is 14.8 Å². The van der Waals surface area contributed by atoms with Crippen LogP contribution in [0.4, 0.5) is 5.69 Å². The molecule has 4 rings (SSSR count). The Labute approximate surface area is 186 Å². The summed E-state index contributed by atoms with van der Waals surface area (Å²) in [7, 11) is 0. The van der Waals surface area contributed by atoms with Crippen LogP contribution < -0.4 is 5.32 Å². The van der Waals surface area contributed by atoms with Crippen molar-refractivity contribution in [2.75, 3.05) is 25.0 Å². The fraction of sp³-hybridized carbons (Fsp3) is 0.600. The fourth-order valence-corrected chi connectivity index (χ4v) is 5.01. The molecule has 1 aromatic heterocycles. The number of nitrogens with zero attached hydrogens (tertiary/aromatic N) is 4. The minimum Gasteiger partial charge on any atom is -0.385 e. The zero-order chi connectivity index (χ0) is 21.6. The Bertz CT molecular complexity index is 834. The zero-order valence-electron chi connectivity index (χ0n) is 19.0. The van der Waals surface area contributed by atoms with Crippen LogP contribution in [0.2, 0.25) is 0 Å². The number of carbonyl (C=O) groups is 1. The fourth-order valence-electron chi connectivity index (χ4n) is 5.01. The summed E-state index contributed by atoms with van der Waals surface area (Å²) in [5.41, 5.74) is 2.38. The maximum atomic E-state index is 13.4. The average molecular weight is 424 g/mol. The Morgan fingerprint density at radius 3 is 2.81 bits per heavy atom. The Kier molecular flexibility index (Phi) is 7.28. The molecule has 0 aliphatic carbocycles. The summed E-state index contributed by atoms with van der Waals surface area (Å²) < 4.78 is 1.99. The number of rotatable bonds is 6. The van der Waals surface area contributed by atoms with Crippen LogP contribution >= 0.6 is 0 Å². The Balaban J connectivity index is 1.54. The van der Waals surface area contributed by atoms with E-state index in [0.717, 1.165) is 26.1 Å². The lowest BCUT2D eigenvalue weighted by Gasteiger charge is -2.34. The van der Waals surface area contributed by atoms with Crippen LogP contribution in [0.1, 0.15) is 51.5 Å². The molecule has 0 unspecified atom stereocenters. The minimum atomic E-state index is 0.231. The largest absolute Gasteiger partial charge is 0.385 e. The maximum absolute atomic E-state index is 13.4. The normalized spacial score (nSPS) is 22.1. The van der Waals surface area contributed by atoms with Crippen LogP contribution in [0.5, 0.6) is 0 Å². The van der Waals surface area contributed by atoms with Crippen molar-refractivity contribution in [1.29, 1.82) is 0 Å². The van der Waals surface area contributed by atoms with Gasteiger partial charge in [0.2, 0.25) is 5.91 Å². The smallest absolute Gasteiger partial charge is 0.224 e. The van der Waals surface area contributed by atoms with E-state index in [1.165, 1.54) is 30.5 Å². The van der Waals surface area contributed by atoms with Gasteiger partial charge in [0.05, 0.1) is 6.33 Å². The number of carbonyl (C=O) groups excluding carboxylic acids is 1. The molecule has 2 aliphatic rings. The van der Waals surface area contributed by atoms with E-state index in [0.29, 0.717) is 37.5 Å². The number of fused-ring (bicyclic) bond motifs is 3. The van der Waals surface area contributed by atoms with E-state index >= 15 is 0 Å². The summed E-state index contributed by atoms with van der Waals surface area (Å²) in [4.78, 5) is 22.3. The Morgan fingerprint density at radius 1 is 1.16 bits per heavy atom. The van der Waals surface area contributed by atoms with Gasteiger partial charge in [0.1, 0.15) is 0 Å². The van der Waals surface area contributed by atoms with Crippen molar-refractivity contribution < 1.29 is 4.79 Å². The van der Waals surface area contributed by atoms with Gasteiger partial charge in [-0.3, -0.25) is 9.69 Å². The Morgan fingerprint density at radius 2 is 2.00 bits per heavy atom. The van der Waals surface area contributed by atoms with E-state index in [2.05, 4.69) is 58.2 Å². The van der Waals surface area contributed by atoms with Crippen LogP contribution in [0, 0.1) is 5.92 Å². The molecule has 1 saturated heterocycles. The molecular formula is C25H37N5O. The van der Waals surface area contributed by atoms with Crippen LogP contribution in [-0.2, 0) is 17.9 Å². The molecule has 2 atom stereocenters. The molecule has 1 amide bonds. The molecule has 0 saturated carbocycles. The molecule has 0 radical (unpaired) electrons. The van der Waals surface area contributed by atoms with Crippen LogP contribution in [0.3, 0.4) is 0 Å². The highest BCUT2D eigenvalue weighted by atomic mass is 16.2. The van der Waals surface area contributed by atoms with Crippen LogP contribution in [-0.4, -0.2) is 57.0 Å². The summed E-state index contributed by atoms with van der Waals surface area (Å²) in [5, 5.41) is 3.67. The number of aromatic nitrogens is 2. The molecule has 31 heavy (non-hydrogen) atoms. The number of hydrogen-bond donors (Lipinski definition) is 1. The standard InChI is InChI=1S/C25H37N5O/c1-20(2)10-15-30-22-7-8-23(30)18-29(25(31)11-14-28-16-13-26-19-28)17-21-5-3-4-6-24(21)27-12-9-22/h3-6,13,16,19-20,22-23,27H,7-12,14-15,17-18H2,1-2H3/t22-,23+/m1/s1. The molecular weight excluding hydrogens is 386 g/mol. The van der Waals surface area contributed by atoms with Gasteiger partial charge in [-0.15, -0.1) is 0 Å². The molecule has 2 bridgehead atoms. The van der Waals surface area contributed by atoms with Crippen molar-refractivity contribution in [2.24, 2.45) is 5.92 Å². The molecule has 6 heteroatoms. The van der Waals surface area contributed by atoms with Crippen LogP contribution in [0.25, 0.3) is 0 Å². The highest BCUT2D eigenvalue weighted by molar-refractivity contribution is 5.76. The van der Waals surface area contributed by atoms with Crippen molar-refractivity contribution in [3.8, 4) is 0 Å². The third-order valence-electron chi connectivity index (χ3n) is 6.83. The minimum absolute atomic E-state index is 0.231. The number of nitrogens with one attached hydrogen (secondary N) is 1. The lowest BCUT2D eigenvalue weighted by molar-refractivity contribution is -0.132. The number of hydrogen-bond acceptors (Lipinski definition) is 4. The van der Waals surface area contributed by atoms with E-state index in [1.807, 2.05) is 10.8 Å². The number of aryl methyl sites for hydroxylation is 1. The van der Waals surface area contributed by atoms with Gasteiger partial charge in [-0.25, -0.2) is 4.98 Å². The first kappa shape index (κ1) is 21.9. The van der Waals surface area contributed by atoms with E-state index in [1.54, 1.807) is 12.5 Å². The lowest BCUT2D eigenvalue weighted by Crippen LogP contribution is -2.45. The van der Waals surface area contributed by atoms with Crippen molar-refractivity contribution >= 4 is 11.6 Å². The Hall–Kier alpha value is -2.34. The van der Waals surface area contributed by atoms with Gasteiger partial charge in [0, 0.05) is 62.8 Å². The molecule has 6 nitrogen and oxygen atoms in total. The first-order valence-electron chi connectivity index (χ1n) is 11.9.